The van der Waals surface area contributed by atoms with Gasteiger partial charge in [0.25, 0.3) is 0 Å². The van der Waals surface area contributed by atoms with Crippen LogP contribution in [0, 0.1) is 51.9 Å². The first kappa shape index (κ1) is 28.0. The van der Waals surface area contributed by atoms with Gasteiger partial charge in [0, 0.05) is 48.8 Å². The summed E-state index contributed by atoms with van der Waals surface area (Å²) in [5.74, 6) is 0.0931. The molecule has 1 aromatic heterocycles. The summed E-state index contributed by atoms with van der Waals surface area (Å²) in [4.78, 5) is 15.7. The number of carbonyl (C=O) groups excluding carboxylic acids is 1. The Kier molecular flexibility index (Phi) is 10.6. The minimum atomic E-state index is -4.34. The molecule has 3 nitrogen and oxygen atoms in total. The van der Waals surface area contributed by atoms with Gasteiger partial charge in [-0.15, -0.1) is 16.9 Å². The van der Waals surface area contributed by atoms with Crippen molar-refractivity contribution in [3.8, 4) is 0 Å². The van der Waals surface area contributed by atoms with Gasteiger partial charge in [0.05, 0.1) is 27.4 Å². The minimum absolute atomic E-state index is 0. The normalized spacial score (nSPS) is 11.0. The van der Waals surface area contributed by atoms with Crippen molar-refractivity contribution in [3.05, 3.63) is 69.0 Å². The third-order valence-electron chi connectivity index (χ3n) is 4.37. The molecule has 0 radical (unpaired) electrons. The maximum absolute atomic E-state index is 12.7. The number of hydrogen-bond donors (Lipinski definition) is 0. The monoisotopic (exact) mass is 694 g/mol. The van der Waals surface area contributed by atoms with E-state index in [1.807, 2.05) is 19.9 Å². The molecular formula is C22H22ClF3NO2SU-. The summed E-state index contributed by atoms with van der Waals surface area (Å²) in [6, 6.07) is 5.74. The zero-order valence-corrected chi connectivity index (χ0v) is 23.4. The van der Waals surface area contributed by atoms with Gasteiger partial charge < -0.3 is 9.53 Å². The Bertz CT molecular complexity index is 1070. The molecule has 0 amide bonds. The Balaban J connectivity index is 0.000000311. The zero-order valence-electron chi connectivity index (χ0n) is 17.6. The molecule has 0 spiro atoms. The molecule has 0 saturated carbocycles. The Morgan fingerprint density at radius 3 is 2.42 bits per heavy atom. The zero-order chi connectivity index (χ0) is 22.6. The van der Waals surface area contributed by atoms with E-state index in [2.05, 4.69) is 11.9 Å². The van der Waals surface area contributed by atoms with E-state index in [9.17, 15) is 18.0 Å². The second kappa shape index (κ2) is 11.7. The van der Waals surface area contributed by atoms with Crippen LogP contribution in [0.3, 0.4) is 0 Å². The topological polar surface area (TPSA) is 39.2 Å². The number of Topliss-reactive ketones (excluding diaryl/α,β-unsaturated/α-hetero) is 1. The maximum atomic E-state index is 12.7. The molecule has 0 fully saturated rings. The van der Waals surface area contributed by atoms with E-state index < -0.39 is 11.7 Å². The van der Waals surface area contributed by atoms with E-state index >= 15 is 0 Å². The molecule has 0 N–H and O–H groups in total. The average Bonchev–Trinajstić information content (AvgIpc) is 3.04. The number of methoxy groups -OCH3 is 1. The van der Waals surface area contributed by atoms with Crippen LogP contribution in [0.2, 0.25) is 5.02 Å². The second-order valence-corrected chi connectivity index (χ2v) is 8.34. The number of aromatic nitrogens is 1. The van der Waals surface area contributed by atoms with Crippen LogP contribution in [0.15, 0.2) is 24.3 Å². The molecule has 0 aliphatic heterocycles. The van der Waals surface area contributed by atoms with Gasteiger partial charge in [0.2, 0.25) is 0 Å². The summed E-state index contributed by atoms with van der Waals surface area (Å²) in [6.45, 7) is 9.49. The largest absolute Gasteiger partial charge is 0.416 e. The third-order valence-corrected chi connectivity index (χ3v) is 5.50. The molecule has 0 saturated heterocycles. The molecule has 166 valence electrons. The number of fused-ring (bicyclic) bond motifs is 1. The number of alkyl halides is 3. The number of carbonyl (C=O) groups is 1. The van der Waals surface area contributed by atoms with Crippen molar-refractivity contribution in [3.63, 3.8) is 0 Å². The van der Waals surface area contributed by atoms with Crippen molar-refractivity contribution in [2.24, 2.45) is 0 Å². The van der Waals surface area contributed by atoms with Crippen molar-refractivity contribution in [1.29, 1.82) is 0 Å². The molecule has 9 heteroatoms. The fourth-order valence-electron chi connectivity index (χ4n) is 2.85. The van der Waals surface area contributed by atoms with E-state index in [-0.39, 0.29) is 43.5 Å². The first-order valence-corrected chi connectivity index (χ1v) is 10.3. The number of thiazole rings is 1. The number of aryl methyl sites for hydroxylation is 2. The summed E-state index contributed by atoms with van der Waals surface area (Å²) < 4.78 is 43.5. The van der Waals surface area contributed by atoms with Crippen LogP contribution in [0.5, 0.6) is 0 Å². The summed E-state index contributed by atoms with van der Waals surface area (Å²) in [5.41, 5.74) is 2.82. The Hall–Kier alpha value is -1.04. The summed E-state index contributed by atoms with van der Waals surface area (Å²) >= 11 is 7.10. The smallest absolute Gasteiger partial charge is 0.380 e. The Morgan fingerprint density at radius 1 is 1.23 bits per heavy atom. The van der Waals surface area contributed by atoms with Gasteiger partial charge >= 0.3 is 6.18 Å². The fraction of sp³-hybridized carbons (Fsp3) is 0.318. The van der Waals surface area contributed by atoms with Gasteiger partial charge in [-0.3, -0.25) is 0 Å². The minimum Gasteiger partial charge on any atom is -0.380 e. The van der Waals surface area contributed by atoms with Crippen molar-refractivity contribution < 1.29 is 53.8 Å². The van der Waals surface area contributed by atoms with E-state index in [1.165, 1.54) is 18.4 Å². The molecular weight excluding hydrogens is 673 g/mol. The number of ether oxygens (including phenoxy) is 1. The summed E-state index contributed by atoms with van der Waals surface area (Å²) in [7, 11) is 1.45. The van der Waals surface area contributed by atoms with Gasteiger partial charge in [0.15, 0.2) is 0 Å². The standard InChI is InChI=1S/C11H12ClO.C11H10F3NOS.U/c1-4-11(13)10-6-9(12)5-7(2)8(10)3;1-6-15-10-7(5-16-2)3-8(11(12,13)14)4-9(10)17-6;/h5-6H,3-4H2,1-2H3;3-4H,5H2,1-2H3;/q-1;;. The molecule has 0 aliphatic carbocycles. The van der Waals surface area contributed by atoms with E-state index in [0.29, 0.717) is 32.8 Å². The SMILES string of the molecule is COCc1cc(C(F)(F)F)cc2sc(C)nc12.[CH2-]c1c(C)cc(Cl)cc1C(=O)CC.[U]. The number of nitrogens with zero attached hydrogens (tertiary/aromatic N) is 1. The van der Waals surface area contributed by atoms with E-state index in [0.717, 1.165) is 28.3 Å². The number of hydrogen-bond acceptors (Lipinski definition) is 4. The fourth-order valence-corrected chi connectivity index (χ4v) is 4.04. The maximum Gasteiger partial charge on any atom is 0.416 e. The van der Waals surface area contributed by atoms with Crippen LogP contribution < -0.4 is 0 Å². The molecule has 2 aromatic carbocycles. The van der Waals surface area contributed by atoms with Crippen LogP contribution in [-0.4, -0.2) is 17.9 Å². The molecule has 1 heterocycles. The summed E-state index contributed by atoms with van der Waals surface area (Å²) in [5, 5.41) is 1.35. The number of ketones is 1. The van der Waals surface area contributed by atoms with Crippen molar-refractivity contribution in [2.75, 3.05) is 7.11 Å². The third kappa shape index (κ3) is 7.23. The number of halogens is 4. The van der Waals surface area contributed by atoms with Gasteiger partial charge in [-0.05, 0) is 25.5 Å². The molecule has 3 rings (SSSR count). The van der Waals surface area contributed by atoms with Crippen LogP contribution in [0.1, 0.15) is 51.0 Å². The number of benzene rings is 2. The predicted octanol–water partition coefficient (Wildman–Crippen LogP) is 7.19. The molecule has 0 bridgehead atoms. The second-order valence-electron chi connectivity index (χ2n) is 6.67. The molecule has 3 aromatic rings. The van der Waals surface area contributed by atoms with Crippen molar-refractivity contribution in [2.45, 2.75) is 40.0 Å². The van der Waals surface area contributed by atoms with Crippen LogP contribution in [0.25, 0.3) is 10.2 Å². The van der Waals surface area contributed by atoms with Crippen LogP contribution in [0.4, 0.5) is 13.2 Å². The van der Waals surface area contributed by atoms with E-state index in [4.69, 9.17) is 16.3 Å². The van der Waals surface area contributed by atoms with Gasteiger partial charge in [-0.2, -0.15) is 25.7 Å². The van der Waals surface area contributed by atoms with Crippen molar-refractivity contribution >= 4 is 38.9 Å². The summed E-state index contributed by atoms with van der Waals surface area (Å²) in [6.07, 6.45) is -3.85. The van der Waals surface area contributed by atoms with E-state index in [1.54, 1.807) is 13.0 Å². The predicted molar refractivity (Wildman–Crippen MR) is 115 cm³/mol. The first-order valence-electron chi connectivity index (χ1n) is 9.09. The molecule has 0 unspecified atom stereocenters. The molecule has 0 atom stereocenters. The Morgan fingerprint density at radius 2 is 1.87 bits per heavy atom. The van der Waals surface area contributed by atoms with Crippen LogP contribution in [-0.2, 0) is 17.5 Å². The van der Waals surface area contributed by atoms with Gasteiger partial charge in [-0.25, -0.2) is 4.98 Å². The molecule has 0 aliphatic rings. The average molecular weight is 695 g/mol. The van der Waals surface area contributed by atoms with Gasteiger partial charge in [0.1, 0.15) is 5.78 Å². The quantitative estimate of drug-likeness (QED) is 0.215. The first-order chi connectivity index (χ1) is 14.0. The van der Waals surface area contributed by atoms with Crippen molar-refractivity contribution in [1.82, 2.24) is 4.98 Å². The van der Waals surface area contributed by atoms with Crippen LogP contribution >= 0.6 is 22.9 Å². The number of rotatable bonds is 4. The van der Waals surface area contributed by atoms with Gasteiger partial charge in [-0.1, -0.05) is 43.1 Å². The molecule has 31 heavy (non-hydrogen) atoms. The Labute approximate surface area is 212 Å².